The van der Waals surface area contributed by atoms with Crippen LogP contribution in [0.3, 0.4) is 0 Å². The molecule has 2 aromatic heterocycles. The van der Waals surface area contributed by atoms with Crippen LogP contribution >= 0.6 is 0 Å². The number of nitrogens with one attached hydrogen (secondary N) is 2. The molecule has 0 spiro atoms. The Kier molecular flexibility index (Phi) is 5.33. The molecule has 8 nitrogen and oxygen atoms in total. The van der Waals surface area contributed by atoms with Gasteiger partial charge in [-0.25, -0.2) is 14.8 Å². The van der Waals surface area contributed by atoms with Gasteiger partial charge in [-0.2, -0.15) is 0 Å². The molecule has 3 rings (SSSR count). The van der Waals surface area contributed by atoms with Gasteiger partial charge in [-0.3, -0.25) is 0 Å². The van der Waals surface area contributed by atoms with Gasteiger partial charge in [0.05, 0.1) is 11.1 Å². The number of carbonyl (C=O) groups is 1. The number of para-hydroxylation sites is 1. The molecule has 0 radical (unpaired) electrons. The summed E-state index contributed by atoms with van der Waals surface area (Å²) < 4.78 is 5.03. The lowest BCUT2D eigenvalue weighted by Gasteiger charge is -2.11. The number of aromatic nitrogens is 3. The number of nitrogens with zero attached hydrogens (tertiary/aromatic N) is 3. The topological polar surface area (TPSA) is 109 Å². The largest absolute Gasteiger partial charge is 0.410 e. The highest BCUT2D eigenvalue weighted by molar-refractivity contribution is 5.88. The van der Waals surface area contributed by atoms with Gasteiger partial charge in [0.2, 0.25) is 0 Å². The molecule has 0 bridgehead atoms. The Labute approximate surface area is 151 Å². The van der Waals surface area contributed by atoms with E-state index in [1.54, 1.807) is 18.3 Å². The van der Waals surface area contributed by atoms with E-state index in [0.717, 1.165) is 36.4 Å². The van der Waals surface area contributed by atoms with Gasteiger partial charge in [0.1, 0.15) is 17.2 Å². The summed E-state index contributed by atoms with van der Waals surface area (Å²) >= 11 is 0. The van der Waals surface area contributed by atoms with Crippen LogP contribution in [0.4, 0.5) is 10.6 Å². The van der Waals surface area contributed by atoms with Gasteiger partial charge < -0.3 is 25.7 Å². The second-order valence-electron chi connectivity index (χ2n) is 6.14. The molecule has 0 aliphatic rings. The van der Waals surface area contributed by atoms with Crippen molar-refractivity contribution in [3.8, 4) is 17.1 Å². The zero-order valence-corrected chi connectivity index (χ0v) is 14.8. The predicted octanol–water partition coefficient (Wildman–Crippen LogP) is 2.45. The van der Waals surface area contributed by atoms with Crippen LogP contribution in [0.2, 0.25) is 0 Å². The Morgan fingerprint density at radius 1 is 1.31 bits per heavy atom. The van der Waals surface area contributed by atoms with E-state index in [2.05, 4.69) is 25.2 Å². The molecular formula is C18H22N6O2. The van der Waals surface area contributed by atoms with Crippen LogP contribution < -0.4 is 15.8 Å². The fraction of sp³-hybridized carbons (Fsp3) is 0.278. The first-order chi connectivity index (χ1) is 12.5. The zero-order chi connectivity index (χ0) is 18.5. The number of hydrogen-bond acceptors (Lipinski definition) is 6. The summed E-state index contributed by atoms with van der Waals surface area (Å²) in [6.45, 7) is 1.80. The van der Waals surface area contributed by atoms with E-state index in [9.17, 15) is 4.79 Å². The standard InChI is InChI=1S/C18H22N6O2/c1-24(2)11-5-10-21-16-12(6-4-9-20-16)17-22-13-7-3-8-14(15(13)23-17)26-18(19)25/h3-4,6-9H,5,10-11H2,1-2H3,(H2,19,25)(H,20,21)(H,22,23). The highest BCUT2D eigenvalue weighted by Gasteiger charge is 2.14. The molecule has 0 aliphatic heterocycles. The number of anilines is 1. The fourth-order valence-electron chi connectivity index (χ4n) is 2.66. The Hall–Kier alpha value is -3.13. The van der Waals surface area contributed by atoms with Crippen molar-refractivity contribution in [1.29, 1.82) is 0 Å². The first-order valence-electron chi connectivity index (χ1n) is 8.34. The smallest absolute Gasteiger partial charge is 0.408 e. The van der Waals surface area contributed by atoms with E-state index < -0.39 is 6.09 Å². The van der Waals surface area contributed by atoms with E-state index in [1.807, 2.05) is 32.3 Å². The monoisotopic (exact) mass is 354 g/mol. The van der Waals surface area contributed by atoms with Gasteiger partial charge in [0.25, 0.3) is 0 Å². The van der Waals surface area contributed by atoms with E-state index >= 15 is 0 Å². The van der Waals surface area contributed by atoms with E-state index in [-0.39, 0.29) is 0 Å². The number of primary amides is 1. The average Bonchev–Trinajstić information content (AvgIpc) is 3.03. The second kappa shape index (κ2) is 7.83. The van der Waals surface area contributed by atoms with Crippen molar-refractivity contribution in [1.82, 2.24) is 19.9 Å². The second-order valence-corrected chi connectivity index (χ2v) is 6.14. The normalized spacial score (nSPS) is 11.0. The van der Waals surface area contributed by atoms with Gasteiger partial charge in [-0.15, -0.1) is 0 Å². The number of imidazole rings is 1. The maximum absolute atomic E-state index is 11.1. The van der Waals surface area contributed by atoms with Crippen molar-refractivity contribution >= 4 is 22.9 Å². The molecule has 26 heavy (non-hydrogen) atoms. The number of ether oxygens (including phenoxy) is 1. The molecule has 0 unspecified atom stereocenters. The summed E-state index contributed by atoms with van der Waals surface area (Å²) in [5.41, 5.74) is 7.27. The molecule has 0 atom stereocenters. The summed E-state index contributed by atoms with van der Waals surface area (Å²) in [6.07, 6.45) is 1.87. The summed E-state index contributed by atoms with van der Waals surface area (Å²) in [4.78, 5) is 25.5. The Bertz CT molecular complexity index is 906. The molecule has 3 aromatic rings. The Morgan fingerprint density at radius 2 is 2.15 bits per heavy atom. The van der Waals surface area contributed by atoms with Crippen molar-refractivity contribution in [3.63, 3.8) is 0 Å². The van der Waals surface area contributed by atoms with Crippen molar-refractivity contribution in [2.24, 2.45) is 5.73 Å². The van der Waals surface area contributed by atoms with Crippen molar-refractivity contribution in [2.75, 3.05) is 32.5 Å². The van der Waals surface area contributed by atoms with Gasteiger partial charge in [0, 0.05) is 12.7 Å². The van der Waals surface area contributed by atoms with Crippen LogP contribution in [-0.4, -0.2) is 53.1 Å². The van der Waals surface area contributed by atoms with Crippen molar-refractivity contribution in [3.05, 3.63) is 36.5 Å². The molecule has 4 N–H and O–H groups in total. The lowest BCUT2D eigenvalue weighted by Crippen LogP contribution is -2.16. The van der Waals surface area contributed by atoms with Crippen molar-refractivity contribution < 1.29 is 9.53 Å². The fourth-order valence-corrected chi connectivity index (χ4v) is 2.66. The summed E-state index contributed by atoms with van der Waals surface area (Å²) in [5.74, 6) is 1.72. The van der Waals surface area contributed by atoms with E-state index in [1.165, 1.54) is 0 Å². The first kappa shape index (κ1) is 17.7. The van der Waals surface area contributed by atoms with Crippen LogP contribution in [0, 0.1) is 0 Å². The number of fused-ring (bicyclic) bond motifs is 1. The summed E-state index contributed by atoms with van der Waals surface area (Å²) in [6, 6.07) is 9.08. The van der Waals surface area contributed by atoms with Crippen molar-refractivity contribution in [2.45, 2.75) is 6.42 Å². The number of carbonyl (C=O) groups excluding carboxylic acids is 1. The van der Waals surface area contributed by atoms with Crippen LogP contribution in [0.15, 0.2) is 36.5 Å². The quantitative estimate of drug-likeness (QED) is 0.562. The van der Waals surface area contributed by atoms with Gasteiger partial charge >= 0.3 is 6.09 Å². The third-order valence-electron chi connectivity index (χ3n) is 3.82. The maximum atomic E-state index is 11.1. The minimum atomic E-state index is -0.869. The van der Waals surface area contributed by atoms with Gasteiger partial charge in [0.15, 0.2) is 5.75 Å². The van der Waals surface area contributed by atoms with Crippen LogP contribution in [-0.2, 0) is 0 Å². The minimum Gasteiger partial charge on any atom is -0.408 e. The first-order valence-corrected chi connectivity index (χ1v) is 8.34. The predicted molar refractivity (Wildman–Crippen MR) is 101 cm³/mol. The molecule has 8 heteroatoms. The average molecular weight is 354 g/mol. The molecule has 136 valence electrons. The summed E-state index contributed by atoms with van der Waals surface area (Å²) in [7, 11) is 4.10. The minimum absolute atomic E-state index is 0.321. The molecule has 0 aliphatic carbocycles. The number of hydrogen-bond donors (Lipinski definition) is 3. The molecule has 0 saturated heterocycles. The Balaban J connectivity index is 1.88. The third kappa shape index (κ3) is 4.09. The van der Waals surface area contributed by atoms with Gasteiger partial charge in [-0.05, 0) is 51.3 Å². The maximum Gasteiger partial charge on any atom is 0.410 e. The molecule has 2 heterocycles. The highest BCUT2D eigenvalue weighted by atomic mass is 16.5. The number of pyridine rings is 1. The molecule has 1 amide bonds. The highest BCUT2D eigenvalue weighted by Crippen LogP contribution is 2.29. The lowest BCUT2D eigenvalue weighted by molar-refractivity contribution is 0.211. The van der Waals surface area contributed by atoms with Crippen LogP contribution in [0.25, 0.3) is 22.4 Å². The molecule has 1 aromatic carbocycles. The Morgan fingerprint density at radius 3 is 2.92 bits per heavy atom. The molecular weight excluding hydrogens is 332 g/mol. The third-order valence-corrected chi connectivity index (χ3v) is 3.82. The number of rotatable bonds is 7. The van der Waals surface area contributed by atoms with Crippen LogP contribution in [0.1, 0.15) is 6.42 Å². The van der Waals surface area contributed by atoms with E-state index in [0.29, 0.717) is 17.1 Å². The zero-order valence-electron chi connectivity index (χ0n) is 14.8. The molecule has 0 saturated carbocycles. The summed E-state index contributed by atoms with van der Waals surface area (Å²) in [5, 5.41) is 3.36. The van der Waals surface area contributed by atoms with E-state index in [4.69, 9.17) is 10.5 Å². The number of H-pyrrole nitrogens is 1. The van der Waals surface area contributed by atoms with Gasteiger partial charge in [-0.1, -0.05) is 6.07 Å². The number of amides is 1. The number of aromatic amines is 1. The SMILES string of the molecule is CN(C)CCCNc1ncccc1-c1nc2c(OC(N)=O)cccc2[nH]1. The number of benzene rings is 1. The number of nitrogens with two attached hydrogens (primary N) is 1. The van der Waals surface area contributed by atoms with Crippen LogP contribution in [0.5, 0.6) is 5.75 Å². The molecule has 0 fully saturated rings. The lowest BCUT2D eigenvalue weighted by atomic mass is 10.2.